The highest BCUT2D eigenvalue weighted by Crippen LogP contribution is 2.29. The molecule has 0 saturated heterocycles. The summed E-state index contributed by atoms with van der Waals surface area (Å²) >= 11 is 0. The molecule has 0 amide bonds. The molecule has 0 heterocycles. The first-order valence-electron chi connectivity index (χ1n) is 8.50. The lowest BCUT2D eigenvalue weighted by molar-refractivity contribution is 0.394. The van der Waals surface area contributed by atoms with Gasteiger partial charge in [0.15, 0.2) is 0 Å². The number of hydrogen-bond acceptors (Lipinski definition) is 4. The van der Waals surface area contributed by atoms with Crippen LogP contribution < -0.4 is 24.1 Å². The van der Waals surface area contributed by atoms with Gasteiger partial charge in [-0.2, -0.15) is 0 Å². The van der Waals surface area contributed by atoms with E-state index in [1.54, 1.807) is 28.4 Å². The van der Waals surface area contributed by atoms with Gasteiger partial charge in [0, 0.05) is 17.7 Å². The second kappa shape index (κ2) is 8.32. The highest BCUT2D eigenvalue weighted by atomic mass is 28.3. The van der Waals surface area contributed by atoms with E-state index in [4.69, 9.17) is 18.9 Å². The Kier molecular flexibility index (Phi) is 6.37. The molecule has 2 aromatic rings. The Morgan fingerprint density at radius 2 is 1.23 bits per heavy atom. The zero-order valence-electron chi connectivity index (χ0n) is 16.7. The third kappa shape index (κ3) is 4.41. The van der Waals surface area contributed by atoms with Crippen molar-refractivity contribution in [2.24, 2.45) is 0 Å². The molecule has 0 aliphatic rings. The summed E-state index contributed by atoms with van der Waals surface area (Å²) in [5, 5.41) is 1.27. The van der Waals surface area contributed by atoms with Gasteiger partial charge < -0.3 is 18.9 Å². The van der Waals surface area contributed by atoms with Crippen LogP contribution in [0.3, 0.4) is 0 Å². The third-order valence-corrected chi connectivity index (χ3v) is 6.23. The van der Waals surface area contributed by atoms with Crippen LogP contribution in [0.1, 0.15) is 11.1 Å². The van der Waals surface area contributed by atoms with Crippen molar-refractivity contribution in [3.05, 3.63) is 41.5 Å². The average molecular weight is 373 g/mol. The summed E-state index contributed by atoms with van der Waals surface area (Å²) in [6, 6.07) is 9.81. The molecule has 0 fully saturated rings. The standard InChI is InChI=1S/C21H28O4Si/c1-22-17-11-10-15(19(13-17)24-3)8-9-16-12-18(23-2)14-20(25-4)21(16)26(5,6)7/h8-14H,1-7H3. The molecule has 0 bridgehead atoms. The smallest absolute Gasteiger partial charge is 0.129 e. The molecular formula is C21H28O4Si. The lowest BCUT2D eigenvalue weighted by atomic mass is 10.1. The van der Waals surface area contributed by atoms with Gasteiger partial charge in [0.25, 0.3) is 0 Å². The molecule has 0 unspecified atom stereocenters. The minimum Gasteiger partial charge on any atom is -0.497 e. The number of methoxy groups -OCH3 is 4. The zero-order chi connectivity index (χ0) is 19.3. The second-order valence-corrected chi connectivity index (χ2v) is 12.0. The fourth-order valence-corrected chi connectivity index (χ4v) is 4.89. The molecule has 0 saturated carbocycles. The Bertz CT molecular complexity index is 791. The van der Waals surface area contributed by atoms with Gasteiger partial charge in [-0.3, -0.25) is 0 Å². The van der Waals surface area contributed by atoms with E-state index in [0.29, 0.717) is 0 Å². The monoisotopic (exact) mass is 372 g/mol. The molecule has 0 aromatic heterocycles. The van der Waals surface area contributed by atoms with Crippen LogP contribution in [0, 0.1) is 0 Å². The summed E-state index contributed by atoms with van der Waals surface area (Å²) in [5.74, 6) is 3.20. The van der Waals surface area contributed by atoms with E-state index in [9.17, 15) is 0 Å². The van der Waals surface area contributed by atoms with Gasteiger partial charge in [-0.25, -0.2) is 0 Å². The molecule has 2 rings (SSSR count). The quantitative estimate of drug-likeness (QED) is 0.532. The van der Waals surface area contributed by atoms with Crippen LogP contribution in [0.4, 0.5) is 0 Å². The summed E-state index contributed by atoms with van der Waals surface area (Å²) in [6.07, 6.45) is 4.15. The highest BCUT2D eigenvalue weighted by Gasteiger charge is 2.25. The normalized spacial score (nSPS) is 11.5. The van der Waals surface area contributed by atoms with Crippen molar-refractivity contribution in [3.63, 3.8) is 0 Å². The zero-order valence-corrected chi connectivity index (χ0v) is 17.7. The molecule has 0 spiro atoms. The molecular weight excluding hydrogens is 344 g/mol. The van der Waals surface area contributed by atoms with Gasteiger partial charge in [-0.05, 0) is 28.9 Å². The molecule has 4 nitrogen and oxygen atoms in total. The van der Waals surface area contributed by atoms with Crippen LogP contribution in [0.5, 0.6) is 23.0 Å². The first kappa shape index (κ1) is 19.9. The Morgan fingerprint density at radius 3 is 1.77 bits per heavy atom. The lowest BCUT2D eigenvalue weighted by Crippen LogP contribution is -2.40. The maximum absolute atomic E-state index is 5.66. The predicted molar refractivity (Wildman–Crippen MR) is 111 cm³/mol. The molecule has 0 aliphatic heterocycles. The van der Waals surface area contributed by atoms with Crippen LogP contribution in [-0.4, -0.2) is 36.5 Å². The first-order chi connectivity index (χ1) is 12.3. The molecule has 0 atom stereocenters. The lowest BCUT2D eigenvalue weighted by Gasteiger charge is -2.23. The number of rotatable bonds is 7. The highest BCUT2D eigenvalue weighted by molar-refractivity contribution is 6.89. The Hall–Kier alpha value is -2.40. The molecule has 140 valence electrons. The van der Waals surface area contributed by atoms with E-state index < -0.39 is 8.07 Å². The maximum Gasteiger partial charge on any atom is 0.129 e. The van der Waals surface area contributed by atoms with E-state index in [0.717, 1.165) is 34.1 Å². The van der Waals surface area contributed by atoms with Crippen LogP contribution in [-0.2, 0) is 0 Å². The Labute approximate surface area is 157 Å². The molecule has 0 radical (unpaired) electrons. The summed E-state index contributed by atoms with van der Waals surface area (Å²) in [6.45, 7) is 6.92. The van der Waals surface area contributed by atoms with Gasteiger partial charge in [-0.15, -0.1) is 0 Å². The maximum atomic E-state index is 5.66. The Balaban J connectivity index is 2.56. The third-order valence-electron chi connectivity index (χ3n) is 4.19. The van der Waals surface area contributed by atoms with Crippen LogP contribution in [0.25, 0.3) is 12.2 Å². The van der Waals surface area contributed by atoms with Crippen molar-refractivity contribution < 1.29 is 18.9 Å². The van der Waals surface area contributed by atoms with Gasteiger partial charge in [-0.1, -0.05) is 31.8 Å². The van der Waals surface area contributed by atoms with Crippen molar-refractivity contribution in [1.82, 2.24) is 0 Å². The van der Waals surface area contributed by atoms with Crippen molar-refractivity contribution >= 4 is 25.4 Å². The fraction of sp³-hybridized carbons (Fsp3) is 0.333. The van der Waals surface area contributed by atoms with Crippen molar-refractivity contribution in [2.45, 2.75) is 19.6 Å². The summed E-state index contributed by atoms with van der Waals surface area (Å²) in [7, 11) is 5.05. The van der Waals surface area contributed by atoms with Crippen molar-refractivity contribution in [1.29, 1.82) is 0 Å². The van der Waals surface area contributed by atoms with E-state index in [1.165, 1.54) is 5.19 Å². The minimum atomic E-state index is -1.64. The SMILES string of the molecule is COc1ccc(C=Cc2cc(OC)cc(OC)c2[Si](C)(C)C)c(OC)c1. The summed E-state index contributed by atoms with van der Waals surface area (Å²) in [5.41, 5.74) is 2.09. The average Bonchev–Trinajstić information content (AvgIpc) is 2.64. The molecule has 2 aromatic carbocycles. The second-order valence-electron chi connectivity index (χ2n) is 6.99. The van der Waals surface area contributed by atoms with Crippen molar-refractivity contribution in [3.8, 4) is 23.0 Å². The first-order valence-corrected chi connectivity index (χ1v) is 12.0. The largest absolute Gasteiger partial charge is 0.497 e. The van der Waals surface area contributed by atoms with Gasteiger partial charge >= 0.3 is 0 Å². The number of hydrogen-bond donors (Lipinski definition) is 0. The van der Waals surface area contributed by atoms with Gasteiger partial charge in [0.05, 0.1) is 36.5 Å². The van der Waals surface area contributed by atoms with E-state index in [1.807, 2.05) is 24.3 Å². The predicted octanol–water partition coefficient (Wildman–Crippen LogP) is 4.44. The van der Waals surface area contributed by atoms with E-state index in [2.05, 4.69) is 37.9 Å². The van der Waals surface area contributed by atoms with Crippen LogP contribution >= 0.6 is 0 Å². The molecule has 0 aliphatic carbocycles. The Morgan fingerprint density at radius 1 is 0.654 bits per heavy atom. The van der Waals surface area contributed by atoms with Gasteiger partial charge in [0.2, 0.25) is 0 Å². The van der Waals surface area contributed by atoms with Crippen LogP contribution in [0.2, 0.25) is 19.6 Å². The van der Waals surface area contributed by atoms with Crippen molar-refractivity contribution in [2.75, 3.05) is 28.4 Å². The molecule has 5 heteroatoms. The van der Waals surface area contributed by atoms with Gasteiger partial charge in [0.1, 0.15) is 23.0 Å². The van der Waals surface area contributed by atoms with E-state index in [-0.39, 0.29) is 0 Å². The van der Waals surface area contributed by atoms with Crippen LogP contribution in [0.15, 0.2) is 30.3 Å². The summed E-state index contributed by atoms with van der Waals surface area (Å²) in [4.78, 5) is 0. The number of ether oxygens (including phenoxy) is 4. The van der Waals surface area contributed by atoms with E-state index >= 15 is 0 Å². The molecule has 26 heavy (non-hydrogen) atoms. The molecule has 0 N–H and O–H groups in total. The minimum absolute atomic E-state index is 0.768. The fourth-order valence-electron chi connectivity index (χ4n) is 2.96. The summed E-state index contributed by atoms with van der Waals surface area (Å²) < 4.78 is 21.9. The topological polar surface area (TPSA) is 36.9 Å². The number of benzene rings is 2.